The Balaban J connectivity index is 1.61. The summed E-state index contributed by atoms with van der Waals surface area (Å²) >= 11 is 0. The van der Waals surface area contributed by atoms with E-state index in [-0.39, 0.29) is 17.9 Å². The molecule has 0 bridgehead atoms. The minimum Gasteiger partial charge on any atom is -0.469 e. The molecule has 2 heterocycles. The molecule has 3 aromatic rings. The first-order chi connectivity index (χ1) is 12.2. The molecule has 126 valence electrons. The third kappa shape index (κ3) is 3.03. The van der Waals surface area contributed by atoms with Gasteiger partial charge in [-0.2, -0.15) is 0 Å². The lowest BCUT2D eigenvalue weighted by atomic mass is 9.87. The van der Waals surface area contributed by atoms with Crippen LogP contribution in [0.25, 0.3) is 0 Å². The number of hydrogen-bond acceptors (Lipinski definition) is 3. The molecule has 4 heteroatoms. The maximum absolute atomic E-state index is 13.1. The van der Waals surface area contributed by atoms with E-state index in [1.807, 2.05) is 67.6 Å². The van der Waals surface area contributed by atoms with Gasteiger partial charge in [-0.15, -0.1) is 0 Å². The fourth-order valence-corrected chi connectivity index (χ4v) is 3.30. The second-order valence-corrected chi connectivity index (χ2v) is 6.30. The third-order valence-corrected chi connectivity index (χ3v) is 4.42. The molecule has 0 radical (unpaired) electrons. The van der Waals surface area contributed by atoms with Gasteiger partial charge in [-0.3, -0.25) is 4.79 Å². The predicted octanol–water partition coefficient (Wildman–Crippen LogP) is 4.26. The van der Waals surface area contributed by atoms with Gasteiger partial charge in [0, 0.05) is 23.6 Å². The first kappa shape index (κ1) is 15.5. The number of nitrogens with one attached hydrogen (secondary N) is 1. The summed E-state index contributed by atoms with van der Waals surface area (Å²) < 4.78 is 11.3. The summed E-state index contributed by atoms with van der Waals surface area (Å²) in [6.45, 7) is 1.98. The summed E-state index contributed by atoms with van der Waals surface area (Å²) in [5.74, 6) is 1.93. The number of rotatable bonds is 4. The maximum Gasteiger partial charge on any atom is 0.232 e. The first-order valence-corrected chi connectivity index (χ1v) is 8.41. The van der Waals surface area contributed by atoms with E-state index in [9.17, 15) is 4.79 Å². The van der Waals surface area contributed by atoms with E-state index >= 15 is 0 Å². The number of amides is 1. The molecular formula is C21H19NO3. The minimum atomic E-state index is -0.375. The number of benzene rings is 2. The Kier molecular flexibility index (Phi) is 4.02. The highest BCUT2D eigenvalue weighted by Gasteiger charge is 2.32. The van der Waals surface area contributed by atoms with Crippen LogP contribution >= 0.6 is 0 Å². The van der Waals surface area contributed by atoms with Gasteiger partial charge in [-0.05, 0) is 31.2 Å². The molecule has 0 aliphatic carbocycles. The van der Waals surface area contributed by atoms with Gasteiger partial charge in [0.1, 0.15) is 17.3 Å². The van der Waals surface area contributed by atoms with E-state index in [0.29, 0.717) is 6.42 Å². The van der Waals surface area contributed by atoms with Gasteiger partial charge in [0.15, 0.2) is 0 Å². The van der Waals surface area contributed by atoms with Crippen molar-refractivity contribution in [3.05, 3.63) is 83.8 Å². The smallest absolute Gasteiger partial charge is 0.232 e. The maximum atomic E-state index is 13.1. The normalized spacial score (nSPS) is 14.1. The van der Waals surface area contributed by atoms with Gasteiger partial charge < -0.3 is 14.5 Å². The standard InChI is InChI=1S/C21H19NO3/c1-14(13-15-7-6-12-24-15)22-21(23)20-16-8-2-4-10-18(16)25-19-11-5-3-9-17(19)20/h2-12,14,20H,13H2,1H3,(H,22,23)/t14-/m0/s1. The highest BCUT2D eigenvalue weighted by Crippen LogP contribution is 2.43. The van der Waals surface area contributed by atoms with Gasteiger partial charge in [-0.1, -0.05) is 36.4 Å². The summed E-state index contributed by atoms with van der Waals surface area (Å²) in [4.78, 5) is 13.1. The second-order valence-electron chi connectivity index (χ2n) is 6.30. The molecule has 1 N–H and O–H groups in total. The number of carbonyl (C=O) groups excluding carboxylic acids is 1. The fraction of sp³-hybridized carbons (Fsp3) is 0.190. The Bertz CT molecular complexity index is 840. The van der Waals surface area contributed by atoms with Gasteiger partial charge >= 0.3 is 0 Å². The summed E-state index contributed by atoms with van der Waals surface area (Å²) in [6, 6.07) is 19.2. The van der Waals surface area contributed by atoms with Gasteiger partial charge in [-0.25, -0.2) is 0 Å². The molecule has 0 spiro atoms. The molecule has 0 fully saturated rings. The van der Waals surface area contributed by atoms with E-state index in [2.05, 4.69) is 5.32 Å². The van der Waals surface area contributed by atoms with E-state index < -0.39 is 0 Å². The Morgan fingerprint density at radius 2 is 1.64 bits per heavy atom. The van der Waals surface area contributed by atoms with Crippen molar-refractivity contribution in [2.45, 2.75) is 25.3 Å². The summed E-state index contributed by atoms with van der Waals surface area (Å²) in [5, 5.41) is 3.12. The largest absolute Gasteiger partial charge is 0.469 e. The first-order valence-electron chi connectivity index (χ1n) is 8.41. The van der Waals surface area contributed by atoms with Crippen molar-refractivity contribution in [3.63, 3.8) is 0 Å². The monoisotopic (exact) mass is 333 g/mol. The van der Waals surface area contributed by atoms with Crippen LogP contribution in [0.2, 0.25) is 0 Å². The van der Waals surface area contributed by atoms with E-state index in [4.69, 9.17) is 9.15 Å². The molecule has 1 aliphatic heterocycles. The van der Waals surface area contributed by atoms with Gasteiger partial charge in [0.25, 0.3) is 0 Å². The third-order valence-electron chi connectivity index (χ3n) is 4.42. The highest BCUT2D eigenvalue weighted by molar-refractivity contribution is 5.89. The Hall–Kier alpha value is -3.01. The van der Waals surface area contributed by atoms with Crippen LogP contribution in [-0.2, 0) is 11.2 Å². The van der Waals surface area contributed by atoms with Crippen molar-refractivity contribution in [1.29, 1.82) is 0 Å². The van der Waals surface area contributed by atoms with E-state index in [0.717, 1.165) is 28.4 Å². The van der Waals surface area contributed by atoms with Crippen LogP contribution in [0, 0.1) is 0 Å². The van der Waals surface area contributed by atoms with Gasteiger partial charge in [0.2, 0.25) is 5.91 Å². The predicted molar refractivity (Wildman–Crippen MR) is 94.8 cm³/mol. The lowest BCUT2D eigenvalue weighted by Crippen LogP contribution is -2.38. The van der Waals surface area contributed by atoms with E-state index in [1.165, 1.54) is 0 Å². The molecule has 1 amide bonds. The minimum absolute atomic E-state index is 0.0257. The zero-order chi connectivity index (χ0) is 17.2. The van der Waals surface area contributed by atoms with Crippen molar-refractivity contribution >= 4 is 5.91 Å². The number of furan rings is 1. The molecule has 1 aromatic heterocycles. The zero-order valence-corrected chi connectivity index (χ0v) is 13.9. The topological polar surface area (TPSA) is 51.5 Å². The van der Waals surface area contributed by atoms with Crippen LogP contribution in [0.15, 0.2) is 71.3 Å². The SMILES string of the molecule is C[C@@H](Cc1ccco1)NC(=O)C1c2ccccc2Oc2ccccc21. The van der Waals surface area contributed by atoms with Crippen molar-refractivity contribution < 1.29 is 13.9 Å². The molecule has 4 rings (SSSR count). The number of hydrogen-bond donors (Lipinski definition) is 1. The van der Waals surface area contributed by atoms with Crippen LogP contribution in [-0.4, -0.2) is 11.9 Å². The van der Waals surface area contributed by atoms with Crippen molar-refractivity contribution in [2.75, 3.05) is 0 Å². The molecule has 1 aliphatic rings. The zero-order valence-electron chi connectivity index (χ0n) is 13.9. The summed E-state index contributed by atoms with van der Waals surface area (Å²) in [5.41, 5.74) is 1.78. The van der Waals surface area contributed by atoms with Crippen LogP contribution in [0.3, 0.4) is 0 Å². The summed E-state index contributed by atoms with van der Waals surface area (Å²) in [7, 11) is 0. The van der Waals surface area contributed by atoms with Crippen LogP contribution in [0.1, 0.15) is 29.7 Å². The summed E-state index contributed by atoms with van der Waals surface area (Å²) in [6.07, 6.45) is 2.31. The van der Waals surface area contributed by atoms with Crippen molar-refractivity contribution in [2.24, 2.45) is 0 Å². The molecule has 0 saturated heterocycles. The average molecular weight is 333 g/mol. The van der Waals surface area contributed by atoms with Gasteiger partial charge in [0.05, 0.1) is 12.2 Å². The molecule has 2 aromatic carbocycles. The highest BCUT2D eigenvalue weighted by atomic mass is 16.5. The van der Waals surface area contributed by atoms with Crippen LogP contribution in [0.4, 0.5) is 0 Å². The average Bonchev–Trinajstić information content (AvgIpc) is 3.12. The molecule has 25 heavy (non-hydrogen) atoms. The molecule has 1 atom stereocenters. The Labute approximate surface area is 146 Å². The van der Waals surface area contributed by atoms with E-state index in [1.54, 1.807) is 6.26 Å². The molecule has 4 nitrogen and oxygen atoms in total. The fourth-order valence-electron chi connectivity index (χ4n) is 3.30. The number of fused-ring (bicyclic) bond motifs is 2. The number of para-hydroxylation sites is 2. The Morgan fingerprint density at radius 1 is 1.00 bits per heavy atom. The lowest BCUT2D eigenvalue weighted by Gasteiger charge is -2.28. The molecule has 0 saturated carbocycles. The second kappa shape index (κ2) is 6.48. The quantitative estimate of drug-likeness (QED) is 0.776. The van der Waals surface area contributed by atoms with Crippen LogP contribution in [0.5, 0.6) is 11.5 Å². The van der Waals surface area contributed by atoms with Crippen LogP contribution < -0.4 is 10.1 Å². The van der Waals surface area contributed by atoms with Crippen molar-refractivity contribution in [3.8, 4) is 11.5 Å². The lowest BCUT2D eigenvalue weighted by molar-refractivity contribution is -0.122. The van der Waals surface area contributed by atoms with Crippen molar-refractivity contribution in [1.82, 2.24) is 5.32 Å². The number of carbonyl (C=O) groups is 1. The number of ether oxygens (including phenoxy) is 1. The molecule has 0 unspecified atom stereocenters. The Morgan fingerprint density at radius 3 is 2.24 bits per heavy atom. The molecular weight excluding hydrogens is 314 g/mol.